The van der Waals surface area contributed by atoms with Crippen molar-refractivity contribution in [1.82, 2.24) is 9.88 Å². The van der Waals surface area contributed by atoms with Crippen molar-refractivity contribution in [3.05, 3.63) is 79.5 Å². The third kappa shape index (κ3) is 9.98. The Labute approximate surface area is 413 Å². The van der Waals surface area contributed by atoms with Crippen molar-refractivity contribution in [2.24, 2.45) is 35.0 Å². The van der Waals surface area contributed by atoms with Crippen LogP contribution in [0.3, 0.4) is 0 Å². The second kappa shape index (κ2) is 20.2. The summed E-state index contributed by atoms with van der Waals surface area (Å²) in [5.41, 5.74) is -1.97. The van der Waals surface area contributed by atoms with E-state index in [1.54, 1.807) is 45.9 Å². The number of aliphatic hydroxyl groups excluding tert-OH is 3. The highest BCUT2D eigenvalue weighted by Crippen LogP contribution is 2.43. The van der Waals surface area contributed by atoms with Crippen LogP contribution in [0.15, 0.2) is 62.3 Å². The molecule has 3 aliphatic heterocycles. The van der Waals surface area contributed by atoms with Crippen LogP contribution in [0.4, 0.5) is 11.4 Å². The van der Waals surface area contributed by atoms with Gasteiger partial charge in [-0.15, -0.1) is 0 Å². The second-order valence-corrected chi connectivity index (χ2v) is 20.9. The van der Waals surface area contributed by atoms with Crippen molar-refractivity contribution in [3.63, 3.8) is 0 Å². The number of allylic oxidation sites excluding steroid dienone is 3. The number of anilines is 2. The minimum Gasteiger partial charge on any atom is -0.507 e. The van der Waals surface area contributed by atoms with Gasteiger partial charge in [-0.3, -0.25) is 24.1 Å². The summed E-state index contributed by atoms with van der Waals surface area (Å²) in [6, 6.07) is 3.17. The summed E-state index contributed by atoms with van der Waals surface area (Å²) in [5, 5.41) is 50.0. The minimum absolute atomic E-state index is 0.0430. The molecule has 1 fully saturated rings. The van der Waals surface area contributed by atoms with Crippen molar-refractivity contribution in [1.29, 1.82) is 0 Å². The summed E-state index contributed by atoms with van der Waals surface area (Å²) < 4.78 is 30.7. The Morgan fingerprint density at radius 3 is 2.25 bits per heavy atom. The summed E-state index contributed by atoms with van der Waals surface area (Å²) in [6.45, 7) is 24.9. The number of aliphatic hydroxyl groups is 3. The molecular formula is C54H70N4O13. The van der Waals surface area contributed by atoms with E-state index in [1.165, 1.54) is 46.3 Å². The Morgan fingerprint density at radius 1 is 0.944 bits per heavy atom. The first-order valence-electron chi connectivity index (χ1n) is 24.4. The van der Waals surface area contributed by atoms with E-state index in [0.29, 0.717) is 24.7 Å². The molecule has 71 heavy (non-hydrogen) atoms. The van der Waals surface area contributed by atoms with E-state index in [-0.39, 0.29) is 60.8 Å². The van der Waals surface area contributed by atoms with Crippen molar-refractivity contribution < 1.29 is 53.4 Å². The fourth-order valence-corrected chi connectivity index (χ4v) is 10.3. The van der Waals surface area contributed by atoms with Gasteiger partial charge >= 0.3 is 11.8 Å². The van der Waals surface area contributed by atoms with E-state index < -0.39 is 93.5 Å². The number of ether oxygens (including phenoxy) is 4. The molecule has 1 saturated heterocycles. The molecule has 0 spiro atoms. The summed E-state index contributed by atoms with van der Waals surface area (Å²) in [5.74, 6) is -6.30. The van der Waals surface area contributed by atoms with Gasteiger partial charge in [0.1, 0.15) is 28.8 Å². The number of amides is 1. The molecule has 1 amide bonds. The molecule has 0 saturated carbocycles. The van der Waals surface area contributed by atoms with Gasteiger partial charge in [0, 0.05) is 106 Å². The highest BCUT2D eigenvalue weighted by molar-refractivity contribution is 6.16. The molecule has 17 nitrogen and oxygen atoms in total. The normalized spacial score (nSPS) is 29.7. The average Bonchev–Trinajstić information content (AvgIpc) is 3.58. The molecule has 1 aromatic heterocycles. The topological polar surface area (TPSA) is 231 Å². The number of carbonyl (C=O) groups excluding carboxylic acids is 2. The number of aromatic hydroxyl groups is 1. The van der Waals surface area contributed by atoms with Gasteiger partial charge in [-0.25, -0.2) is 4.98 Å². The zero-order valence-electron chi connectivity index (χ0n) is 43.1. The fourth-order valence-electron chi connectivity index (χ4n) is 10.3. The number of carbonyl (C=O) groups is 2. The summed E-state index contributed by atoms with van der Waals surface area (Å²) in [4.78, 5) is 65.1. The first-order valence-corrected chi connectivity index (χ1v) is 24.4. The fraction of sp³-hybridized carbons (Fsp3) is 0.537. The number of rotatable bonds is 5. The Kier molecular flexibility index (Phi) is 15.1. The molecule has 17 heteroatoms. The number of nitrogens with zero attached hydrogens (tertiary/aromatic N) is 3. The van der Waals surface area contributed by atoms with E-state index in [1.807, 2.05) is 26.8 Å². The maximum absolute atomic E-state index is 15.0. The van der Waals surface area contributed by atoms with Gasteiger partial charge in [-0.2, -0.15) is 0 Å². The summed E-state index contributed by atoms with van der Waals surface area (Å²) in [6.07, 6.45) is 3.94. The number of esters is 1. The zero-order chi connectivity index (χ0) is 52.2. The van der Waals surface area contributed by atoms with Gasteiger partial charge in [0.25, 0.3) is 5.91 Å². The van der Waals surface area contributed by atoms with Gasteiger partial charge in [0.15, 0.2) is 22.4 Å². The number of piperazine rings is 1. The van der Waals surface area contributed by atoms with Gasteiger partial charge in [-0.05, 0) is 37.2 Å². The van der Waals surface area contributed by atoms with Crippen LogP contribution < -0.4 is 31.0 Å². The lowest BCUT2D eigenvalue weighted by Gasteiger charge is -2.40. The number of nitrogens with one attached hydrogen (secondary N) is 1. The molecule has 5 N–H and O–H groups in total. The molecule has 3 aliphatic rings. The number of fused-ring (bicyclic) bond motifs is 2. The van der Waals surface area contributed by atoms with E-state index in [9.17, 15) is 39.6 Å². The third-order valence-electron chi connectivity index (χ3n) is 15.0. The number of benzene rings is 3. The highest BCUT2D eigenvalue weighted by Gasteiger charge is 2.45. The predicted octanol–water partition coefficient (Wildman–Crippen LogP) is 6.36. The largest absolute Gasteiger partial charge is 0.507 e. The van der Waals surface area contributed by atoms with Crippen LogP contribution in [0.2, 0.25) is 0 Å². The molecular weight excluding hydrogens is 913 g/mol. The number of hydrogen-bond donors (Lipinski definition) is 5. The van der Waals surface area contributed by atoms with Crippen LogP contribution in [-0.4, -0.2) is 112 Å². The van der Waals surface area contributed by atoms with E-state index in [4.69, 9.17) is 28.3 Å². The maximum atomic E-state index is 15.0. The monoisotopic (exact) mass is 982 g/mol. The van der Waals surface area contributed by atoms with Gasteiger partial charge < -0.3 is 54.0 Å². The molecule has 4 bridgehead atoms. The van der Waals surface area contributed by atoms with E-state index in [2.05, 4.69) is 29.0 Å². The molecule has 3 aromatic carbocycles. The maximum Gasteiger partial charge on any atom is 0.307 e. The first kappa shape index (κ1) is 52.8. The number of hydrogen-bond acceptors (Lipinski definition) is 16. The molecule has 4 aromatic rings. The van der Waals surface area contributed by atoms with Gasteiger partial charge in [-0.1, -0.05) is 73.6 Å². The van der Waals surface area contributed by atoms with Crippen LogP contribution in [0.25, 0.3) is 38.7 Å². The minimum atomic E-state index is -1.99. The number of phenolic OH excluding ortho intramolecular Hbond substituents is 1. The molecule has 384 valence electrons. The summed E-state index contributed by atoms with van der Waals surface area (Å²) >= 11 is 0. The number of phenols is 1. The molecule has 4 heterocycles. The predicted molar refractivity (Wildman–Crippen MR) is 272 cm³/mol. The van der Waals surface area contributed by atoms with Crippen molar-refractivity contribution in [2.75, 3.05) is 50.1 Å². The Balaban J connectivity index is 1.46. The Hall–Kier alpha value is -6.01. The molecule has 0 aliphatic carbocycles. The lowest BCUT2D eigenvalue weighted by molar-refractivity contribution is -0.161. The van der Waals surface area contributed by atoms with Crippen LogP contribution >= 0.6 is 0 Å². The Bertz CT molecular complexity index is 3010. The highest BCUT2D eigenvalue weighted by atomic mass is 16.7. The molecule has 0 radical (unpaired) electrons. The summed E-state index contributed by atoms with van der Waals surface area (Å²) in [7, 11) is 1.45. The third-order valence-corrected chi connectivity index (χ3v) is 15.0. The number of aromatic nitrogens is 1. The van der Waals surface area contributed by atoms with Crippen molar-refractivity contribution >= 4 is 62.0 Å². The average molecular weight is 983 g/mol. The van der Waals surface area contributed by atoms with Crippen LogP contribution in [-0.2, 0) is 23.8 Å². The van der Waals surface area contributed by atoms with Crippen LogP contribution in [0.5, 0.6) is 11.5 Å². The van der Waals surface area contributed by atoms with E-state index >= 15 is 0 Å². The quantitative estimate of drug-likeness (QED) is 0.0832. The van der Waals surface area contributed by atoms with Crippen molar-refractivity contribution in [2.45, 2.75) is 113 Å². The molecule has 0 unspecified atom stereocenters. The van der Waals surface area contributed by atoms with Crippen LogP contribution in [0, 0.1) is 41.9 Å². The van der Waals surface area contributed by atoms with E-state index in [0.717, 1.165) is 19.6 Å². The van der Waals surface area contributed by atoms with Crippen molar-refractivity contribution in [3.8, 4) is 11.5 Å². The standard InChI is InChI=1S/C54H70N4O13/c1-26(2)25-57-18-20-58(21-19-57)34-23-35(60)41-37(24-34)70-50-42(55-41)38-39-46(63)31(7)49-40(38)51(65)54(12,71-49)68-22-16-36(67-13)28(4)48(69-33(9)59)30(6)44(61)29(5)45(62)32(8)53(10,11)17-14-15-27(3)52(66)56-43(50)47(39)64/h14-17,22-24,26,28-30,32,36,44-45,48,61-63,65H,18-21,25H2,1-13H3,(H,56,66)/b17-14+,22-16+,27-15-/t28-,29+,30-,32-,36+,44-,45-,48-,54+/m1/s1. The van der Waals surface area contributed by atoms with Crippen LogP contribution in [0.1, 0.15) is 81.7 Å². The zero-order valence-corrected chi connectivity index (χ0v) is 43.1. The smallest absolute Gasteiger partial charge is 0.307 e. The Morgan fingerprint density at radius 2 is 1.62 bits per heavy atom. The lowest BCUT2D eigenvalue weighted by Crippen LogP contribution is -2.47. The number of methoxy groups -OCH3 is 1. The lowest BCUT2D eigenvalue weighted by atomic mass is 9.71. The van der Waals surface area contributed by atoms with Gasteiger partial charge in [0.05, 0.1) is 35.2 Å². The SMILES string of the molecule is CO[C@H]1/C=C/O[C@@]2(C)Oc3c(C)c(O)c4c(=O)c(c5oc6cc(N7CCN(CC(C)C)CC7)cc(=O)c6nc5c4c3=C2O)NC(=O)/C(C)=C\C=C\C(C)(C)[C@H](C)[C@H](O)[C@@H](C)[C@@H](O)[C@@H](C)[C@H](OC(C)=O)[C@@H]1C. The molecule has 9 atom stereocenters. The van der Waals surface area contributed by atoms with Gasteiger partial charge in [0.2, 0.25) is 10.9 Å². The first-order chi connectivity index (χ1) is 33.3. The second-order valence-electron chi connectivity index (χ2n) is 20.9. The molecule has 7 rings (SSSR count).